The molecular weight excluding hydrogens is 356 g/mol. The van der Waals surface area contributed by atoms with E-state index < -0.39 is 5.91 Å². The summed E-state index contributed by atoms with van der Waals surface area (Å²) in [7, 11) is 1.73. The lowest BCUT2D eigenvalue weighted by molar-refractivity contribution is -0.132. The molecule has 6 rings (SSSR count). The highest BCUT2D eigenvalue weighted by atomic mass is 16.2. The third kappa shape index (κ3) is 2.95. The third-order valence-electron chi connectivity index (χ3n) is 7.55. The Morgan fingerprint density at radius 2 is 1.82 bits per heavy atom. The van der Waals surface area contributed by atoms with Gasteiger partial charge in [-0.05, 0) is 62.7 Å². The molecule has 7 nitrogen and oxygen atoms in total. The Bertz CT molecular complexity index is 841. The van der Waals surface area contributed by atoms with E-state index >= 15 is 0 Å². The molecule has 5 fully saturated rings. The molecule has 0 spiro atoms. The number of likely N-dealkylation sites (N-methyl/N-ethyl adjacent to an activating group) is 1. The molecule has 4 bridgehead atoms. The Morgan fingerprint density at radius 1 is 1.18 bits per heavy atom. The topological polar surface area (TPSA) is 95.2 Å². The van der Waals surface area contributed by atoms with E-state index in [1.165, 1.54) is 25.5 Å². The maximum atomic E-state index is 12.7. The number of nitrogens with one attached hydrogen (secondary N) is 2. The Balaban J connectivity index is 1.34. The highest BCUT2D eigenvalue weighted by Crippen LogP contribution is 2.59. The van der Waals surface area contributed by atoms with Crippen molar-refractivity contribution in [3.8, 4) is 0 Å². The van der Waals surface area contributed by atoms with E-state index in [-0.39, 0.29) is 28.5 Å². The molecule has 0 radical (unpaired) electrons. The number of rotatable bonds is 3. The Kier molecular flexibility index (Phi) is 4.10. The molecule has 2 heterocycles. The van der Waals surface area contributed by atoms with Crippen molar-refractivity contribution in [2.75, 3.05) is 13.6 Å². The van der Waals surface area contributed by atoms with E-state index in [9.17, 15) is 14.4 Å². The van der Waals surface area contributed by atoms with Crippen LogP contribution in [0.4, 0.5) is 0 Å². The average molecular weight is 384 g/mol. The number of aromatic amines is 1. The van der Waals surface area contributed by atoms with Gasteiger partial charge in [0.2, 0.25) is 5.91 Å². The molecule has 2 amide bonds. The van der Waals surface area contributed by atoms with Crippen molar-refractivity contribution in [3.63, 3.8) is 0 Å². The van der Waals surface area contributed by atoms with Gasteiger partial charge in [0, 0.05) is 37.7 Å². The lowest BCUT2D eigenvalue weighted by Gasteiger charge is -2.56. The fourth-order valence-corrected chi connectivity index (χ4v) is 6.62. The molecule has 2 N–H and O–H groups in total. The number of H-pyrrole nitrogens is 1. The lowest BCUT2D eigenvalue weighted by Crippen LogP contribution is -2.50. The molecule has 0 unspecified atom stereocenters. The van der Waals surface area contributed by atoms with Crippen LogP contribution in [0.1, 0.15) is 67.5 Å². The number of carbonyl (C=O) groups is 2. The maximum absolute atomic E-state index is 12.7. The first-order valence-corrected chi connectivity index (χ1v) is 10.6. The van der Waals surface area contributed by atoms with Gasteiger partial charge < -0.3 is 15.2 Å². The molecule has 1 atom stereocenters. The van der Waals surface area contributed by atoms with Crippen molar-refractivity contribution in [2.24, 2.45) is 17.8 Å². The van der Waals surface area contributed by atoms with E-state index in [4.69, 9.17) is 0 Å². The number of hydrogen-bond donors (Lipinski definition) is 2. The van der Waals surface area contributed by atoms with Gasteiger partial charge in [0.05, 0.1) is 0 Å². The molecule has 150 valence electrons. The van der Waals surface area contributed by atoms with E-state index in [0.717, 1.165) is 42.8 Å². The van der Waals surface area contributed by atoms with Crippen LogP contribution in [0.15, 0.2) is 11.0 Å². The third-order valence-corrected chi connectivity index (χ3v) is 7.55. The minimum atomic E-state index is -0.404. The predicted octanol–water partition coefficient (Wildman–Crippen LogP) is 1.59. The number of aromatic nitrogens is 2. The number of carbonyl (C=O) groups excluding carboxylic acids is 2. The van der Waals surface area contributed by atoms with E-state index in [0.29, 0.717) is 19.4 Å². The Morgan fingerprint density at radius 3 is 2.39 bits per heavy atom. The highest BCUT2D eigenvalue weighted by Gasteiger charge is 2.53. The zero-order chi connectivity index (χ0) is 19.5. The van der Waals surface area contributed by atoms with Crippen molar-refractivity contribution in [2.45, 2.75) is 62.8 Å². The summed E-state index contributed by atoms with van der Waals surface area (Å²) in [5, 5.41) is 2.89. The van der Waals surface area contributed by atoms with Crippen molar-refractivity contribution in [1.29, 1.82) is 0 Å². The quantitative estimate of drug-likeness (QED) is 0.827. The minimum absolute atomic E-state index is 0.00929. The Labute approximate surface area is 164 Å². The van der Waals surface area contributed by atoms with E-state index in [1.54, 1.807) is 11.9 Å². The first-order valence-electron chi connectivity index (χ1n) is 10.6. The van der Waals surface area contributed by atoms with Crippen LogP contribution in [0.25, 0.3) is 0 Å². The molecule has 1 aromatic rings. The standard InChI is InChI=1S/C21H28N4O3/c1-25-11-15(2-3-17(25)26)23-18(27)16-10-22-20(24-19(16)28)21-7-12-4-13(8-21)6-14(5-12)9-21/h10,12-15H,2-9,11H2,1H3,(H,23,27)(H,22,24,28)/t12?,13?,14?,15-,21?/m0/s1. The van der Waals surface area contributed by atoms with Gasteiger partial charge in [-0.3, -0.25) is 14.4 Å². The molecule has 1 aromatic heterocycles. The van der Waals surface area contributed by atoms with Crippen molar-refractivity contribution in [3.05, 3.63) is 27.9 Å². The number of amides is 2. The summed E-state index contributed by atoms with van der Waals surface area (Å²) < 4.78 is 0. The van der Waals surface area contributed by atoms with Gasteiger partial charge in [-0.25, -0.2) is 4.98 Å². The van der Waals surface area contributed by atoms with Crippen molar-refractivity contribution >= 4 is 11.8 Å². The summed E-state index contributed by atoms with van der Waals surface area (Å²) in [6.45, 7) is 0.473. The van der Waals surface area contributed by atoms with Crippen LogP contribution in [-0.2, 0) is 10.2 Å². The van der Waals surface area contributed by atoms with Crippen LogP contribution in [0, 0.1) is 17.8 Å². The number of hydrogen-bond acceptors (Lipinski definition) is 4. The van der Waals surface area contributed by atoms with Gasteiger partial charge in [0.25, 0.3) is 11.5 Å². The summed E-state index contributed by atoms with van der Waals surface area (Å²) in [6.07, 6.45) is 9.85. The van der Waals surface area contributed by atoms with Gasteiger partial charge in [0.1, 0.15) is 11.4 Å². The highest BCUT2D eigenvalue weighted by molar-refractivity contribution is 5.93. The van der Waals surface area contributed by atoms with Crippen LogP contribution in [0.3, 0.4) is 0 Å². The van der Waals surface area contributed by atoms with Gasteiger partial charge in [0.15, 0.2) is 0 Å². The summed E-state index contributed by atoms with van der Waals surface area (Å²) in [5.41, 5.74) is -0.276. The zero-order valence-corrected chi connectivity index (χ0v) is 16.4. The molecule has 1 saturated heterocycles. The van der Waals surface area contributed by atoms with Crippen molar-refractivity contribution < 1.29 is 9.59 Å². The van der Waals surface area contributed by atoms with Crippen LogP contribution in [-0.4, -0.2) is 46.3 Å². The average Bonchev–Trinajstić information content (AvgIpc) is 2.63. The van der Waals surface area contributed by atoms with Crippen LogP contribution < -0.4 is 10.9 Å². The zero-order valence-electron chi connectivity index (χ0n) is 16.4. The fraction of sp³-hybridized carbons (Fsp3) is 0.714. The lowest BCUT2D eigenvalue weighted by atomic mass is 9.49. The molecule has 28 heavy (non-hydrogen) atoms. The first kappa shape index (κ1) is 17.9. The second-order valence-electron chi connectivity index (χ2n) is 9.66. The molecule has 5 aliphatic rings. The van der Waals surface area contributed by atoms with Crippen LogP contribution >= 0.6 is 0 Å². The van der Waals surface area contributed by atoms with E-state index in [1.807, 2.05) is 0 Å². The largest absolute Gasteiger partial charge is 0.347 e. The SMILES string of the molecule is CN1C[C@@H](NC(=O)c2cnc(C34CC5CC(CC(C5)C3)C4)[nH]c2=O)CCC1=O. The molecular formula is C21H28N4O3. The first-order chi connectivity index (χ1) is 13.4. The van der Waals surface area contributed by atoms with Gasteiger partial charge in [-0.2, -0.15) is 0 Å². The number of piperidine rings is 1. The second-order valence-corrected chi connectivity index (χ2v) is 9.66. The molecule has 4 aliphatic carbocycles. The summed E-state index contributed by atoms with van der Waals surface area (Å²) in [5.74, 6) is 2.78. The van der Waals surface area contributed by atoms with Gasteiger partial charge in [-0.15, -0.1) is 0 Å². The van der Waals surface area contributed by atoms with Crippen molar-refractivity contribution in [1.82, 2.24) is 20.2 Å². The van der Waals surface area contributed by atoms with E-state index in [2.05, 4.69) is 15.3 Å². The second kappa shape index (κ2) is 6.42. The minimum Gasteiger partial charge on any atom is -0.347 e. The summed E-state index contributed by atoms with van der Waals surface area (Å²) in [4.78, 5) is 46.1. The van der Waals surface area contributed by atoms with Crippen LogP contribution in [0.5, 0.6) is 0 Å². The Hall–Kier alpha value is -2.18. The molecule has 7 heteroatoms. The molecule has 1 aliphatic heterocycles. The summed E-state index contributed by atoms with van der Waals surface area (Å²) >= 11 is 0. The monoisotopic (exact) mass is 384 g/mol. The normalized spacial score (nSPS) is 36.6. The number of likely N-dealkylation sites (tertiary alicyclic amines) is 1. The van der Waals surface area contributed by atoms with Gasteiger partial charge >= 0.3 is 0 Å². The summed E-state index contributed by atoms with van der Waals surface area (Å²) in [6, 6.07) is -0.127. The smallest absolute Gasteiger partial charge is 0.263 e. The molecule has 4 saturated carbocycles. The van der Waals surface area contributed by atoms with Gasteiger partial charge in [-0.1, -0.05) is 0 Å². The fourth-order valence-electron chi connectivity index (χ4n) is 6.62. The maximum Gasteiger partial charge on any atom is 0.263 e. The van der Waals surface area contributed by atoms with Crippen LogP contribution in [0.2, 0.25) is 0 Å². The molecule has 0 aromatic carbocycles. The number of nitrogens with zero attached hydrogens (tertiary/aromatic N) is 2. The predicted molar refractivity (Wildman–Crippen MR) is 103 cm³/mol.